The maximum absolute atomic E-state index is 12.3. The summed E-state index contributed by atoms with van der Waals surface area (Å²) in [5.74, 6) is 0.823. The van der Waals surface area contributed by atoms with Crippen molar-refractivity contribution in [2.75, 3.05) is 12.0 Å². The van der Waals surface area contributed by atoms with E-state index in [0.717, 1.165) is 11.8 Å². The number of nitro groups is 1. The third kappa shape index (κ3) is 4.84. The summed E-state index contributed by atoms with van der Waals surface area (Å²) < 4.78 is 27.2. The quantitative estimate of drug-likeness (QED) is 0.602. The molecule has 0 fully saturated rings. The number of halogens is 1. The Labute approximate surface area is 133 Å². The van der Waals surface area contributed by atoms with Crippen LogP contribution in [0.3, 0.4) is 0 Å². The fourth-order valence-corrected chi connectivity index (χ4v) is 4.15. The van der Waals surface area contributed by atoms with Crippen molar-refractivity contribution in [3.63, 3.8) is 0 Å². The highest BCUT2D eigenvalue weighted by Crippen LogP contribution is 2.30. The van der Waals surface area contributed by atoms with Gasteiger partial charge in [-0.2, -0.15) is 11.8 Å². The fourth-order valence-electron chi connectivity index (χ4n) is 1.75. The Morgan fingerprint density at radius 1 is 1.48 bits per heavy atom. The molecule has 6 nitrogen and oxygen atoms in total. The molecule has 0 aliphatic heterocycles. The van der Waals surface area contributed by atoms with Gasteiger partial charge < -0.3 is 0 Å². The van der Waals surface area contributed by atoms with Crippen molar-refractivity contribution in [1.82, 2.24) is 4.72 Å². The predicted octanol–water partition coefficient (Wildman–Crippen LogP) is 2.98. The third-order valence-corrected chi connectivity index (χ3v) is 5.52. The lowest BCUT2D eigenvalue weighted by molar-refractivity contribution is -0.384. The van der Waals surface area contributed by atoms with E-state index in [2.05, 4.69) is 4.72 Å². The fraction of sp³-hybridized carbons (Fsp3) is 0.500. The highest BCUT2D eigenvalue weighted by atomic mass is 35.5. The van der Waals surface area contributed by atoms with Crippen LogP contribution in [0.5, 0.6) is 0 Å². The number of nitrogens with one attached hydrogen (secondary N) is 1. The van der Waals surface area contributed by atoms with Crippen LogP contribution in [0, 0.1) is 17.0 Å². The van der Waals surface area contributed by atoms with Gasteiger partial charge in [0.2, 0.25) is 10.0 Å². The van der Waals surface area contributed by atoms with Crippen LogP contribution in [-0.2, 0) is 10.0 Å². The Bertz CT molecular complexity index is 634. The predicted molar refractivity (Wildman–Crippen MR) is 85.6 cm³/mol. The number of nitro benzene ring substituents is 1. The molecule has 0 aromatic heterocycles. The molecule has 0 radical (unpaired) electrons. The SMILES string of the molecule is CSCCC(C)NS(=O)(=O)c1cc([N+](=O)[O-])c(Cl)cc1C. The van der Waals surface area contributed by atoms with Crippen LogP contribution < -0.4 is 4.72 Å². The lowest BCUT2D eigenvalue weighted by atomic mass is 10.2. The number of sulfonamides is 1. The molecule has 118 valence electrons. The molecule has 1 aromatic carbocycles. The van der Waals surface area contributed by atoms with Gasteiger partial charge in [0.25, 0.3) is 5.69 Å². The van der Waals surface area contributed by atoms with Crippen molar-refractivity contribution >= 4 is 39.1 Å². The summed E-state index contributed by atoms with van der Waals surface area (Å²) in [5.41, 5.74) is -0.0467. The average Bonchev–Trinajstić information content (AvgIpc) is 2.34. The van der Waals surface area contributed by atoms with Gasteiger partial charge in [-0.05, 0) is 43.9 Å². The van der Waals surface area contributed by atoms with Gasteiger partial charge in [0, 0.05) is 12.1 Å². The lowest BCUT2D eigenvalue weighted by Crippen LogP contribution is -2.33. The molecule has 0 aliphatic rings. The molecule has 1 N–H and O–H groups in total. The van der Waals surface area contributed by atoms with Gasteiger partial charge in [-0.1, -0.05) is 11.6 Å². The molecule has 0 spiro atoms. The molecule has 0 heterocycles. The van der Waals surface area contributed by atoms with E-state index < -0.39 is 20.6 Å². The molecule has 1 aromatic rings. The molecule has 0 saturated heterocycles. The number of thioether (sulfide) groups is 1. The first-order valence-corrected chi connectivity index (χ1v) is 9.40. The molecular weight excluding hydrogens is 336 g/mol. The summed E-state index contributed by atoms with van der Waals surface area (Å²) in [7, 11) is -3.82. The highest BCUT2D eigenvalue weighted by molar-refractivity contribution is 7.98. The number of aryl methyl sites for hydroxylation is 1. The van der Waals surface area contributed by atoms with Crippen molar-refractivity contribution in [2.45, 2.75) is 31.2 Å². The zero-order chi connectivity index (χ0) is 16.2. The van der Waals surface area contributed by atoms with E-state index in [1.165, 1.54) is 6.07 Å². The zero-order valence-corrected chi connectivity index (χ0v) is 14.3. The standard InChI is InChI=1S/C12H17ClN2O4S2/c1-8-6-10(13)11(15(16)17)7-12(8)21(18,19)14-9(2)4-5-20-3/h6-7,9,14H,4-5H2,1-3H3. The van der Waals surface area contributed by atoms with E-state index in [4.69, 9.17) is 11.6 Å². The highest BCUT2D eigenvalue weighted by Gasteiger charge is 2.24. The van der Waals surface area contributed by atoms with Crippen molar-refractivity contribution in [3.8, 4) is 0 Å². The van der Waals surface area contributed by atoms with E-state index in [1.54, 1.807) is 25.6 Å². The smallest absolute Gasteiger partial charge is 0.258 e. The number of hydrogen-bond donors (Lipinski definition) is 1. The van der Waals surface area contributed by atoms with Crippen LogP contribution in [0.1, 0.15) is 18.9 Å². The third-order valence-electron chi connectivity index (χ3n) is 2.84. The lowest BCUT2D eigenvalue weighted by Gasteiger charge is -2.15. The first-order valence-electron chi connectivity index (χ1n) is 6.15. The van der Waals surface area contributed by atoms with Gasteiger partial charge in [-0.25, -0.2) is 13.1 Å². The summed E-state index contributed by atoms with van der Waals surface area (Å²) in [6.07, 6.45) is 2.61. The van der Waals surface area contributed by atoms with Crippen LogP contribution in [0.15, 0.2) is 17.0 Å². The first kappa shape index (κ1) is 18.2. The van der Waals surface area contributed by atoms with Crippen molar-refractivity contribution < 1.29 is 13.3 Å². The van der Waals surface area contributed by atoms with E-state index in [1.807, 2.05) is 6.26 Å². The Balaban J connectivity index is 3.13. The minimum Gasteiger partial charge on any atom is -0.258 e. The van der Waals surface area contributed by atoms with E-state index in [9.17, 15) is 18.5 Å². The largest absolute Gasteiger partial charge is 0.289 e. The zero-order valence-electron chi connectivity index (χ0n) is 11.9. The van der Waals surface area contributed by atoms with Crippen molar-refractivity contribution in [3.05, 3.63) is 32.8 Å². The van der Waals surface area contributed by atoms with Crippen LogP contribution in [0.4, 0.5) is 5.69 Å². The van der Waals surface area contributed by atoms with Crippen molar-refractivity contribution in [2.24, 2.45) is 0 Å². The van der Waals surface area contributed by atoms with Gasteiger partial charge in [0.1, 0.15) is 5.02 Å². The Morgan fingerprint density at radius 2 is 2.10 bits per heavy atom. The van der Waals surface area contributed by atoms with Gasteiger partial charge in [-0.15, -0.1) is 0 Å². The van der Waals surface area contributed by atoms with Gasteiger partial charge in [-0.3, -0.25) is 10.1 Å². The Kier molecular flexibility index (Phi) is 6.45. The van der Waals surface area contributed by atoms with Crippen LogP contribution in [0.2, 0.25) is 5.02 Å². The number of rotatable bonds is 7. The topological polar surface area (TPSA) is 89.3 Å². The molecule has 0 saturated carbocycles. The normalized spacial score (nSPS) is 13.1. The molecule has 1 unspecified atom stereocenters. The number of nitrogens with zero attached hydrogens (tertiary/aromatic N) is 1. The number of hydrogen-bond acceptors (Lipinski definition) is 5. The first-order chi connectivity index (χ1) is 9.69. The number of benzene rings is 1. The molecule has 0 amide bonds. The summed E-state index contributed by atoms with van der Waals surface area (Å²) in [5, 5.41) is 10.8. The van der Waals surface area contributed by atoms with Gasteiger partial charge in [0.15, 0.2) is 0 Å². The summed E-state index contributed by atoms with van der Waals surface area (Å²) in [4.78, 5) is 10.1. The molecule has 1 atom stereocenters. The van der Waals surface area contributed by atoms with Crippen molar-refractivity contribution in [1.29, 1.82) is 0 Å². The maximum Gasteiger partial charge on any atom is 0.289 e. The summed E-state index contributed by atoms with van der Waals surface area (Å²) in [6, 6.07) is 2.04. The molecule has 9 heteroatoms. The maximum atomic E-state index is 12.3. The average molecular weight is 353 g/mol. The van der Waals surface area contributed by atoms with Crippen LogP contribution >= 0.6 is 23.4 Å². The second-order valence-electron chi connectivity index (χ2n) is 4.63. The van der Waals surface area contributed by atoms with E-state index in [0.29, 0.717) is 12.0 Å². The molecule has 21 heavy (non-hydrogen) atoms. The molecular formula is C12H17ClN2O4S2. The molecule has 1 rings (SSSR count). The Morgan fingerprint density at radius 3 is 2.62 bits per heavy atom. The van der Waals surface area contributed by atoms with Gasteiger partial charge in [0.05, 0.1) is 9.82 Å². The summed E-state index contributed by atoms with van der Waals surface area (Å²) >= 11 is 7.38. The molecule has 0 bridgehead atoms. The minimum atomic E-state index is -3.82. The summed E-state index contributed by atoms with van der Waals surface area (Å²) in [6.45, 7) is 3.31. The van der Waals surface area contributed by atoms with Crippen LogP contribution in [0.25, 0.3) is 0 Å². The monoisotopic (exact) mass is 352 g/mol. The molecule has 0 aliphatic carbocycles. The Hall–Kier alpha value is -0.830. The van der Waals surface area contributed by atoms with Gasteiger partial charge >= 0.3 is 0 Å². The van der Waals surface area contributed by atoms with E-state index >= 15 is 0 Å². The van der Waals surface area contributed by atoms with E-state index in [-0.39, 0.29) is 16.0 Å². The second kappa shape index (κ2) is 7.44. The minimum absolute atomic E-state index is 0.0770. The second-order valence-corrected chi connectivity index (χ2v) is 7.71. The van der Waals surface area contributed by atoms with Crippen LogP contribution in [-0.4, -0.2) is 31.4 Å².